The molecular formula is C16H26N2O3. The first-order chi connectivity index (χ1) is 10.2. The van der Waals surface area contributed by atoms with Gasteiger partial charge >= 0.3 is 0 Å². The fourth-order valence-electron chi connectivity index (χ4n) is 2.52. The summed E-state index contributed by atoms with van der Waals surface area (Å²) in [6.45, 7) is 6.05. The number of hydrogen-bond acceptors (Lipinski definition) is 5. The highest BCUT2D eigenvalue weighted by Crippen LogP contribution is 2.38. The second-order valence-corrected chi connectivity index (χ2v) is 5.31. The van der Waals surface area contributed by atoms with Crippen LogP contribution >= 0.6 is 0 Å². The summed E-state index contributed by atoms with van der Waals surface area (Å²) < 4.78 is 11.4. The Balaban J connectivity index is 2.00. The number of fused-ring (bicyclic) bond motifs is 1. The van der Waals surface area contributed by atoms with E-state index in [1.807, 2.05) is 14.0 Å². The maximum atomic E-state index is 8.90. The number of hydrogen-bond donors (Lipinski definition) is 2. The van der Waals surface area contributed by atoms with Crippen molar-refractivity contribution in [3.63, 3.8) is 0 Å². The molecule has 0 atom stereocenters. The monoisotopic (exact) mass is 294 g/mol. The fourth-order valence-corrected chi connectivity index (χ4v) is 2.52. The van der Waals surface area contributed by atoms with Crippen LogP contribution in [0.2, 0.25) is 0 Å². The average Bonchev–Trinajstić information content (AvgIpc) is 2.48. The van der Waals surface area contributed by atoms with E-state index in [9.17, 15) is 0 Å². The standard InChI is InChI=1S/C16H26N2O3/c1-3-20-15-12-13(5-4-7-18(2)8-9-19)11-14-16(15)21-10-6-17-14/h11-12,17,19H,3-10H2,1-2H3. The molecule has 0 amide bonds. The average molecular weight is 294 g/mol. The third-order valence-electron chi connectivity index (χ3n) is 3.57. The SMILES string of the molecule is CCOc1cc(CCCN(C)CCO)cc2c1OCCN2. The van der Waals surface area contributed by atoms with E-state index >= 15 is 0 Å². The van der Waals surface area contributed by atoms with E-state index in [1.54, 1.807) is 0 Å². The minimum Gasteiger partial charge on any atom is -0.490 e. The maximum Gasteiger partial charge on any atom is 0.184 e. The molecule has 1 aliphatic heterocycles. The van der Waals surface area contributed by atoms with Crippen molar-refractivity contribution in [3.8, 4) is 11.5 Å². The van der Waals surface area contributed by atoms with Crippen LogP contribution in [-0.4, -0.2) is 56.5 Å². The van der Waals surface area contributed by atoms with E-state index in [0.717, 1.165) is 49.7 Å². The van der Waals surface area contributed by atoms with E-state index in [2.05, 4.69) is 22.3 Å². The van der Waals surface area contributed by atoms with Crippen LogP contribution in [0, 0.1) is 0 Å². The van der Waals surface area contributed by atoms with Crippen LogP contribution in [-0.2, 0) is 6.42 Å². The summed E-state index contributed by atoms with van der Waals surface area (Å²) in [4.78, 5) is 2.14. The first kappa shape index (κ1) is 15.9. The molecule has 5 nitrogen and oxygen atoms in total. The Bertz CT molecular complexity index is 451. The number of aliphatic hydroxyl groups excluding tert-OH is 1. The molecule has 118 valence electrons. The molecule has 0 unspecified atom stereocenters. The molecular weight excluding hydrogens is 268 g/mol. The van der Waals surface area contributed by atoms with E-state index in [0.29, 0.717) is 13.2 Å². The molecule has 2 rings (SSSR count). The van der Waals surface area contributed by atoms with Gasteiger partial charge < -0.3 is 24.8 Å². The fraction of sp³-hybridized carbons (Fsp3) is 0.625. The van der Waals surface area contributed by atoms with Gasteiger partial charge in [-0.2, -0.15) is 0 Å². The van der Waals surface area contributed by atoms with Gasteiger partial charge in [0.2, 0.25) is 0 Å². The summed E-state index contributed by atoms with van der Waals surface area (Å²) in [5.41, 5.74) is 2.29. The lowest BCUT2D eigenvalue weighted by Crippen LogP contribution is -2.23. The molecule has 0 spiro atoms. The quantitative estimate of drug-likeness (QED) is 0.765. The van der Waals surface area contributed by atoms with Crippen LogP contribution in [0.15, 0.2) is 12.1 Å². The van der Waals surface area contributed by atoms with Crippen molar-refractivity contribution >= 4 is 5.69 Å². The number of aliphatic hydroxyl groups is 1. The summed E-state index contributed by atoms with van der Waals surface area (Å²) in [5, 5.41) is 12.3. The van der Waals surface area contributed by atoms with Crippen LogP contribution in [0.5, 0.6) is 11.5 Å². The van der Waals surface area contributed by atoms with Crippen molar-refractivity contribution in [2.75, 3.05) is 51.8 Å². The van der Waals surface area contributed by atoms with E-state index < -0.39 is 0 Å². The number of nitrogens with zero attached hydrogens (tertiary/aromatic N) is 1. The van der Waals surface area contributed by atoms with Crippen molar-refractivity contribution in [1.82, 2.24) is 4.90 Å². The molecule has 0 fully saturated rings. The molecule has 0 saturated carbocycles. The first-order valence-corrected chi connectivity index (χ1v) is 7.70. The Kier molecular flexibility index (Phi) is 6.14. The third-order valence-corrected chi connectivity index (χ3v) is 3.57. The summed E-state index contributed by atoms with van der Waals surface area (Å²) >= 11 is 0. The van der Waals surface area contributed by atoms with Gasteiger partial charge in [-0.05, 0) is 51.1 Å². The largest absolute Gasteiger partial charge is 0.490 e. The van der Waals surface area contributed by atoms with Crippen LogP contribution in [0.1, 0.15) is 18.9 Å². The Morgan fingerprint density at radius 3 is 3.00 bits per heavy atom. The molecule has 1 aromatic rings. The zero-order valence-corrected chi connectivity index (χ0v) is 13.0. The highest BCUT2D eigenvalue weighted by atomic mass is 16.5. The van der Waals surface area contributed by atoms with E-state index in [4.69, 9.17) is 14.6 Å². The lowest BCUT2D eigenvalue weighted by molar-refractivity contribution is 0.220. The highest BCUT2D eigenvalue weighted by molar-refractivity contribution is 5.66. The summed E-state index contributed by atoms with van der Waals surface area (Å²) in [5.74, 6) is 1.67. The van der Waals surface area contributed by atoms with Gasteiger partial charge in [0, 0.05) is 13.1 Å². The maximum absolute atomic E-state index is 8.90. The molecule has 0 aliphatic carbocycles. The molecule has 0 radical (unpaired) electrons. The Hall–Kier alpha value is -1.46. The zero-order chi connectivity index (χ0) is 15.1. The van der Waals surface area contributed by atoms with Crippen LogP contribution in [0.3, 0.4) is 0 Å². The predicted molar refractivity (Wildman–Crippen MR) is 84.5 cm³/mol. The van der Waals surface area contributed by atoms with Crippen LogP contribution < -0.4 is 14.8 Å². The van der Waals surface area contributed by atoms with Gasteiger partial charge in [0.1, 0.15) is 6.61 Å². The van der Waals surface area contributed by atoms with Gasteiger partial charge in [-0.25, -0.2) is 0 Å². The summed E-state index contributed by atoms with van der Waals surface area (Å²) in [6, 6.07) is 4.24. The lowest BCUT2D eigenvalue weighted by atomic mass is 10.1. The minimum absolute atomic E-state index is 0.213. The summed E-state index contributed by atoms with van der Waals surface area (Å²) in [6.07, 6.45) is 2.05. The first-order valence-electron chi connectivity index (χ1n) is 7.70. The Morgan fingerprint density at radius 2 is 2.24 bits per heavy atom. The predicted octanol–water partition coefficient (Wildman–Crippen LogP) is 1.75. The van der Waals surface area contributed by atoms with Gasteiger partial charge in [0.15, 0.2) is 11.5 Å². The molecule has 1 aliphatic rings. The number of rotatable bonds is 8. The molecule has 5 heteroatoms. The summed E-state index contributed by atoms with van der Waals surface area (Å²) in [7, 11) is 2.03. The van der Waals surface area contributed by atoms with Crippen LogP contribution in [0.4, 0.5) is 5.69 Å². The normalized spacial score (nSPS) is 13.5. The number of anilines is 1. The molecule has 1 aromatic carbocycles. The van der Waals surface area contributed by atoms with Gasteiger partial charge in [-0.15, -0.1) is 0 Å². The molecule has 1 heterocycles. The number of benzene rings is 1. The molecule has 2 N–H and O–H groups in total. The topological polar surface area (TPSA) is 54.0 Å². The zero-order valence-electron chi connectivity index (χ0n) is 13.0. The van der Waals surface area contributed by atoms with E-state index in [1.165, 1.54) is 5.56 Å². The second-order valence-electron chi connectivity index (χ2n) is 5.31. The number of aryl methyl sites for hydroxylation is 1. The van der Waals surface area contributed by atoms with Gasteiger partial charge in [0.25, 0.3) is 0 Å². The molecule has 21 heavy (non-hydrogen) atoms. The van der Waals surface area contributed by atoms with Crippen molar-refractivity contribution in [3.05, 3.63) is 17.7 Å². The van der Waals surface area contributed by atoms with Crippen molar-refractivity contribution in [2.24, 2.45) is 0 Å². The minimum atomic E-state index is 0.213. The van der Waals surface area contributed by atoms with Gasteiger partial charge in [-0.3, -0.25) is 0 Å². The van der Waals surface area contributed by atoms with Crippen molar-refractivity contribution in [1.29, 1.82) is 0 Å². The van der Waals surface area contributed by atoms with Crippen molar-refractivity contribution < 1.29 is 14.6 Å². The van der Waals surface area contributed by atoms with E-state index in [-0.39, 0.29) is 6.61 Å². The lowest BCUT2D eigenvalue weighted by Gasteiger charge is -2.23. The number of ether oxygens (including phenoxy) is 2. The van der Waals surface area contributed by atoms with Crippen molar-refractivity contribution in [2.45, 2.75) is 19.8 Å². The smallest absolute Gasteiger partial charge is 0.184 e. The van der Waals surface area contributed by atoms with Gasteiger partial charge in [-0.1, -0.05) is 0 Å². The van der Waals surface area contributed by atoms with Crippen LogP contribution in [0.25, 0.3) is 0 Å². The third kappa shape index (κ3) is 4.51. The Labute approximate surface area is 126 Å². The number of likely N-dealkylation sites (N-methyl/N-ethyl adjacent to an activating group) is 1. The molecule has 0 saturated heterocycles. The second kappa shape index (κ2) is 8.10. The number of nitrogens with one attached hydrogen (secondary N) is 1. The Morgan fingerprint density at radius 1 is 1.38 bits per heavy atom. The molecule has 0 aromatic heterocycles. The highest BCUT2D eigenvalue weighted by Gasteiger charge is 2.17. The molecule has 0 bridgehead atoms. The van der Waals surface area contributed by atoms with Gasteiger partial charge in [0.05, 0.1) is 18.9 Å².